The highest BCUT2D eigenvalue weighted by atomic mass is 19.1. The van der Waals surface area contributed by atoms with Crippen LogP contribution in [0.1, 0.15) is 37.8 Å². The zero-order valence-electron chi connectivity index (χ0n) is 17.2. The van der Waals surface area contributed by atoms with Gasteiger partial charge in [0.2, 0.25) is 0 Å². The molecule has 2 atom stereocenters. The summed E-state index contributed by atoms with van der Waals surface area (Å²) >= 11 is 0. The molecule has 1 saturated carbocycles. The topological polar surface area (TPSA) is 52.6 Å². The van der Waals surface area contributed by atoms with E-state index in [2.05, 4.69) is 0 Å². The Balaban J connectivity index is 1.88. The van der Waals surface area contributed by atoms with E-state index in [1.807, 2.05) is 60.7 Å². The van der Waals surface area contributed by atoms with E-state index in [9.17, 15) is 9.59 Å². The molecule has 0 aliphatic heterocycles. The number of benzene rings is 2. The Hall–Kier alpha value is -2.95. The maximum Gasteiger partial charge on any atom is 0.323 e. The second-order valence-electron chi connectivity index (χ2n) is 7.88. The van der Waals surface area contributed by atoms with Crippen LogP contribution in [-0.4, -0.2) is 25.2 Å². The second-order valence-corrected chi connectivity index (χ2v) is 7.88. The van der Waals surface area contributed by atoms with Gasteiger partial charge in [0.15, 0.2) is 5.41 Å². The van der Waals surface area contributed by atoms with Crippen molar-refractivity contribution >= 4 is 17.5 Å². The highest BCUT2D eigenvalue weighted by Crippen LogP contribution is 2.70. The minimum atomic E-state index is -1.53. The normalized spacial score (nSPS) is 24.0. The van der Waals surface area contributed by atoms with Gasteiger partial charge in [0.1, 0.15) is 5.83 Å². The average Bonchev–Trinajstić information content (AvgIpc) is 3.09. The van der Waals surface area contributed by atoms with Gasteiger partial charge in [0.05, 0.1) is 13.2 Å². The molecule has 5 heteroatoms. The first-order chi connectivity index (χ1) is 14.5. The lowest BCUT2D eigenvalue weighted by Crippen LogP contribution is -2.43. The molecule has 0 N–H and O–H groups in total. The maximum absolute atomic E-state index is 15.6. The molecule has 4 rings (SSSR count). The van der Waals surface area contributed by atoms with Crippen LogP contribution in [0.2, 0.25) is 0 Å². The molecule has 1 fully saturated rings. The van der Waals surface area contributed by atoms with E-state index in [1.54, 1.807) is 13.8 Å². The molecule has 0 radical (unpaired) electrons. The first-order valence-corrected chi connectivity index (χ1v) is 10.4. The highest BCUT2D eigenvalue weighted by molar-refractivity contribution is 6.03. The van der Waals surface area contributed by atoms with Crippen LogP contribution in [-0.2, 0) is 24.5 Å². The Morgan fingerprint density at radius 1 is 0.933 bits per heavy atom. The summed E-state index contributed by atoms with van der Waals surface area (Å²) in [6.45, 7) is 3.68. The van der Waals surface area contributed by atoms with Crippen molar-refractivity contribution in [1.29, 1.82) is 0 Å². The Morgan fingerprint density at radius 2 is 1.47 bits per heavy atom. The van der Waals surface area contributed by atoms with Crippen molar-refractivity contribution in [2.24, 2.45) is 11.3 Å². The third-order valence-electron chi connectivity index (χ3n) is 6.40. The van der Waals surface area contributed by atoms with Crippen LogP contribution in [0.15, 0.2) is 66.5 Å². The minimum Gasteiger partial charge on any atom is -0.465 e. The van der Waals surface area contributed by atoms with Gasteiger partial charge >= 0.3 is 11.9 Å². The monoisotopic (exact) mass is 408 g/mol. The number of carbonyl (C=O) groups excluding carboxylic acids is 2. The summed E-state index contributed by atoms with van der Waals surface area (Å²) in [5.74, 6) is -2.11. The first kappa shape index (κ1) is 20.3. The third kappa shape index (κ3) is 2.79. The number of carbonyl (C=O) groups is 2. The molecule has 0 aromatic heterocycles. The minimum absolute atomic E-state index is 0.0434. The van der Waals surface area contributed by atoms with E-state index in [0.717, 1.165) is 11.1 Å². The van der Waals surface area contributed by atoms with Crippen LogP contribution in [0.25, 0.3) is 5.57 Å². The lowest BCUT2D eigenvalue weighted by molar-refractivity contribution is -0.172. The predicted molar refractivity (Wildman–Crippen MR) is 111 cm³/mol. The van der Waals surface area contributed by atoms with E-state index in [1.165, 1.54) is 0 Å². The van der Waals surface area contributed by atoms with Crippen molar-refractivity contribution in [2.75, 3.05) is 13.2 Å². The molecule has 156 valence electrons. The van der Waals surface area contributed by atoms with Crippen molar-refractivity contribution < 1.29 is 23.5 Å². The SMILES string of the molecule is CCOC(=O)C1(C(=O)OCC)CC2C(F)=C(c3ccccc3)C2(c2ccccc2)C1. The molecule has 0 heterocycles. The van der Waals surface area contributed by atoms with Crippen molar-refractivity contribution in [3.63, 3.8) is 0 Å². The number of rotatable bonds is 6. The number of allylic oxidation sites excluding steroid dienone is 2. The van der Waals surface area contributed by atoms with Crippen LogP contribution < -0.4 is 0 Å². The second kappa shape index (κ2) is 7.71. The number of fused-ring (bicyclic) bond motifs is 1. The van der Waals surface area contributed by atoms with Gasteiger partial charge in [-0.1, -0.05) is 60.7 Å². The fourth-order valence-electron chi connectivity index (χ4n) is 5.19. The van der Waals surface area contributed by atoms with Crippen LogP contribution in [0.3, 0.4) is 0 Å². The standard InChI is InChI=1S/C25H25FO4/c1-3-29-22(27)24(23(28)30-4-2)15-19-21(26)20(17-11-7-5-8-12-17)25(19,16-24)18-13-9-6-10-14-18/h5-14,19H,3-4,15-16H2,1-2H3. The average molecular weight is 408 g/mol. The van der Waals surface area contributed by atoms with E-state index in [-0.39, 0.29) is 31.9 Å². The van der Waals surface area contributed by atoms with Gasteiger partial charge in [-0.3, -0.25) is 9.59 Å². The number of hydrogen-bond acceptors (Lipinski definition) is 4. The van der Waals surface area contributed by atoms with Crippen LogP contribution in [0.4, 0.5) is 4.39 Å². The molecule has 2 aromatic rings. The summed E-state index contributed by atoms with van der Waals surface area (Å²) in [5, 5.41) is 0. The van der Waals surface area contributed by atoms with Crippen LogP contribution in [0, 0.1) is 11.3 Å². The Kier molecular flexibility index (Phi) is 5.22. The van der Waals surface area contributed by atoms with Crippen molar-refractivity contribution in [1.82, 2.24) is 0 Å². The van der Waals surface area contributed by atoms with Crippen molar-refractivity contribution in [2.45, 2.75) is 32.1 Å². The summed E-state index contributed by atoms with van der Waals surface area (Å²) in [7, 11) is 0. The number of esters is 2. The maximum atomic E-state index is 15.6. The fourth-order valence-corrected chi connectivity index (χ4v) is 5.19. The smallest absolute Gasteiger partial charge is 0.323 e. The van der Waals surface area contributed by atoms with Crippen molar-refractivity contribution in [3.8, 4) is 0 Å². The van der Waals surface area contributed by atoms with Gasteiger partial charge in [0, 0.05) is 16.9 Å². The number of hydrogen-bond donors (Lipinski definition) is 0. The van der Waals surface area contributed by atoms with Gasteiger partial charge in [-0.2, -0.15) is 0 Å². The fraction of sp³-hybridized carbons (Fsp3) is 0.360. The van der Waals surface area contributed by atoms with E-state index in [0.29, 0.717) is 5.57 Å². The lowest BCUT2D eigenvalue weighted by atomic mass is 9.56. The third-order valence-corrected chi connectivity index (χ3v) is 6.40. The molecule has 2 unspecified atom stereocenters. The van der Waals surface area contributed by atoms with Gasteiger partial charge in [0.25, 0.3) is 0 Å². The molecule has 0 amide bonds. The van der Waals surface area contributed by atoms with Gasteiger partial charge in [-0.25, -0.2) is 4.39 Å². The molecular formula is C25H25FO4. The Labute approximate surface area is 175 Å². The summed E-state index contributed by atoms with van der Waals surface area (Å²) in [5.41, 5.74) is -0.105. The molecule has 2 aliphatic rings. The quantitative estimate of drug-likeness (QED) is 0.507. The largest absolute Gasteiger partial charge is 0.465 e. The van der Waals surface area contributed by atoms with E-state index >= 15 is 4.39 Å². The molecule has 4 nitrogen and oxygen atoms in total. The summed E-state index contributed by atoms with van der Waals surface area (Å²) in [4.78, 5) is 26.1. The van der Waals surface area contributed by atoms with E-state index in [4.69, 9.17) is 9.47 Å². The first-order valence-electron chi connectivity index (χ1n) is 10.4. The predicted octanol–water partition coefficient (Wildman–Crippen LogP) is 4.84. The molecule has 2 aromatic carbocycles. The number of ether oxygens (including phenoxy) is 2. The molecule has 2 aliphatic carbocycles. The Morgan fingerprint density at radius 3 is 2.00 bits per heavy atom. The summed E-state index contributed by atoms with van der Waals surface area (Å²) in [6.07, 6.45) is 0.172. The highest BCUT2D eigenvalue weighted by Gasteiger charge is 2.71. The van der Waals surface area contributed by atoms with Crippen LogP contribution >= 0.6 is 0 Å². The molecule has 0 bridgehead atoms. The lowest BCUT2D eigenvalue weighted by Gasteiger charge is -2.47. The molecule has 0 saturated heterocycles. The van der Waals surface area contributed by atoms with Crippen LogP contribution in [0.5, 0.6) is 0 Å². The molecular weight excluding hydrogens is 383 g/mol. The van der Waals surface area contributed by atoms with Gasteiger partial charge < -0.3 is 9.47 Å². The van der Waals surface area contributed by atoms with Gasteiger partial charge in [-0.15, -0.1) is 0 Å². The van der Waals surface area contributed by atoms with Crippen molar-refractivity contribution in [3.05, 3.63) is 77.6 Å². The summed E-state index contributed by atoms with van der Waals surface area (Å²) in [6, 6.07) is 18.9. The van der Waals surface area contributed by atoms with Gasteiger partial charge in [-0.05, 0) is 37.8 Å². The zero-order valence-corrected chi connectivity index (χ0v) is 17.2. The molecule has 0 spiro atoms. The Bertz CT molecular complexity index is 965. The molecule has 30 heavy (non-hydrogen) atoms. The van der Waals surface area contributed by atoms with E-state index < -0.39 is 28.7 Å². The zero-order chi connectivity index (χ0) is 21.4. The number of halogens is 1. The summed E-state index contributed by atoms with van der Waals surface area (Å²) < 4.78 is 26.2.